The van der Waals surface area contributed by atoms with Crippen LogP contribution in [0.4, 0.5) is 0 Å². The van der Waals surface area contributed by atoms with E-state index in [1.165, 1.54) is 32.1 Å². The summed E-state index contributed by atoms with van der Waals surface area (Å²) < 4.78 is 0. The van der Waals surface area contributed by atoms with E-state index in [0.29, 0.717) is 12.1 Å². The smallest absolute Gasteiger partial charge is 0.0116 e. The van der Waals surface area contributed by atoms with Gasteiger partial charge in [0.05, 0.1) is 0 Å². The van der Waals surface area contributed by atoms with Crippen LogP contribution in [0.25, 0.3) is 0 Å². The SMILES string of the molecule is CC(C)N(C1CC1)C1CCC(N)C1. The fourth-order valence-corrected chi connectivity index (χ4v) is 2.78. The number of hydrogen-bond acceptors (Lipinski definition) is 2. The molecule has 0 spiro atoms. The number of rotatable bonds is 3. The van der Waals surface area contributed by atoms with Crippen molar-refractivity contribution in [3.05, 3.63) is 0 Å². The van der Waals surface area contributed by atoms with Gasteiger partial charge in [-0.2, -0.15) is 0 Å². The first-order valence-corrected chi connectivity index (χ1v) is 5.71. The minimum absolute atomic E-state index is 0.477. The fraction of sp³-hybridized carbons (Fsp3) is 1.00. The zero-order chi connectivity index (χ0) is 9.42. The molecule has 76 valence electrons. The van der Waals surface area contributed by atoms with Crippen molar-refractivity contribution in [2.45, 2.75) is 70.1 Å². The van der Waals surface area contributed by atoms with Gasteiger partial charge in [-0.05, 0) is 46.0 Å². The number of nitrogens with zero attached hydrogens (tertiary/aromatic N) is 1. The summed E-state index contributed by atoms with van der Waals surface area (Å²) in [5, 5.41) is 0. The van der Waals surface area contributed by atoms with E-state index in [-0.39, 0.29) is 0 Å². The van der Waals surface area contributed by atoms with Crippen molar-refractivity contribution in [1.29, 1.82) is 0 Å². The summed E-state index contributed by atoms with van der Waals surface area (Å²) in [6.07, 6.45) is 6.64. The van der Waals surface area contributed by atoms with E-state index < -0.39 is 0 Å². The Morgan fingerprint density at radius 1 is 1.08 bits per heavy atom. The van der Waals surface area contributed by atoms with Crippen LogP contribution in [0.15, 0.2) is 0 Å². The molecule has 2 N–H and O–H groups in total. The van der Waals surface area contributed by atoms with Crippen LogP contribution in [0.3, 0.4) is 0 Å². The van der Waals surface area contributed by atoms with Crippen LogP contribution < -0.4 is 5.73 Å². The summed E-state index contributed by atoms with van der Waals surface area (Å²) in [4.78, 5) is 2.72. The molecular weight excluding hydrogens is 160 g/mol. The molecule has 0 heterocycles. The lowest BCUT2D eigenvalue weighted by molar-refractivity contribution is 0.144. The van der Waals surface area contributed by atoms with Crippen molar-refractivity contribution in [3.63, 3.8) is 0 Å². The zero-order valence-corrected chi connectivity index (χ0v) is 8.87. The van der Waals surface area contributed by atoms with Crippen LogP contribution in [0.1, 0.15) is 46.0 Å². The third-order valence-electron chi connectivity index (χ3n) is 3.43. The Morgan fingerprint density at radius 3 is 2.08 bits per heavy atom. The largest absolute Gasteiger partial charge is 0.328 e. The van der Waals surface area contributed by atoms with E-state index in [1.807, 2.05) is 0 Å². The lowest BCUT2D eigenvalue weighted by Crippen LogP contribution is -2.41. The lowest BCUT2D eigenvalue weighted by atomic mass is 10.1. The average molecular weight is 182 g/mol. The van der Waals surface area contributed by atoms with Crippen molar-refractivity contribution >= 4 is 0 Å². The van der Waals surface area contributed by atoms with Gasteiger partial charge in [-0.3, -0.25) is 4.90 Å². The average Bonchev–Trinajstić information content (AvgIpc) is 2.76. The Hall–Kier alpha value is -0.0800. The first kappa shape index (κ1) is 9.47. The van der Waals surface area contributed by atoms with Gasteiger partial charge < -0.3 is 5.73 Å². The monoisotopic (exact) mass is 182 g/mol. The Labute approximate surface area is 81.5 Å². The molecule has 2 aliphatic rings. The minimum Gasteiger partial charge on any atom is -0.328 e. The van der Waals surface area contributed by atoms with Crippen LogP contribution in [-0.2, 0) is 0 Å². The normalized spacial score (nSPS) is 34.8. The van der Waals surface area contributed by atoms with Gasteiger partial charge in [-0.25, -0.2) is 0 Å². The van der Waals surface area contributed by atoms with Crippen molar-refractivity contribution in [2.24, 2.45) is 5.73 Å². The minimum atomic E-state index is 0.477. The Bertz CT molecular complexity index is 173. The molecule has 0 aromatic carbocycles. The zero-order valence-electron chi connectivity index (χ0n) is 8.87. The molecule has 0 radical (unpaired) electrons. The molecule has 2 aliphatic carbocycles. The second-order valence-electron chi connectivity index (χ2n) is 5.00. The summed E-state index contributed by atoms with van der Waals surface area (Å²) in [7, 11) is 0. The molecule has 0 aromatic rings. The highest BCUT2D eigenvalue weighted by Gasteiger charge is 2.38. The van der Waals surface area contributed by atoms with Gasteiger partial charge in [0.25, 0.3) is 0 Å². The predicted octanol–water partition coefficient (Wildman–Crippen LogP) is 1.74. The fourth-order valence-electron chi connectivity index (χ4n) is 2.78. The van der Waals surface area contributed by atoms with Gasteiger partial charge >= 0.3 is 0 Å². The standard InChI is InChI=1S/C11H22N2/c1-8(2)13(10-5-6-10)11-4-3-9(12)7-11/h8-11H,3-7,12H2,1-2H3. The first-order chi connectivity index (χ1) is 6.18. The molecule has 2 nitrogen and oxygen atoms in total. The summed E-state index contributed by atoms with van der Waals surface area (Å²) in [5.74, 6) is 0. The summed E-state index contributed by atoms with van der Waals surface area (Å²) in [6.45, 7) is 4.64. The van der Waals surface area contributed by atoms with Gasteiger partial charge in [0.1, 0.15) is 0 Å². The van der Waals surface area contributed by atoms with Crippen molar-refractivity contribution in [1.82, 2.24) is 4.90 Å². The first-order valence-electron chi connectivity index (χ1n) is 5.71. The van der Waals surface area contributed by atoms with Crippen LogP contribution in [-0.4, -0.2) is 29.1 Å². The summed E-state index contributed by atoms with van der Waals surface area (Å²) in [6, 6.07) is 2.88. The molecule has 0 aliphatic heterocycles. The van der Waals surface area contributed by atoms with Gasteiger partial charge in [0.15, 0.2) is 0 Å². The van der Waals surface area contributed by atoms with E-state index in [9.17, 15) is 0 Å². The van der Waals surface area contributed by atoms with Crippen molar-refractivity contribution in [2.75, 3.05) is 0 Å². The lowest BCUT2D eigenvalue weighted by Gasteiger charge is -2.32. The van der Waals surface area contributed by atoms with Crippen molar-refractivity contribution in [3.8, 4) is 0 Å². The Kier molecular flexibility index (Phi) is 2.61. The topological polar surface area (TPSA) is 29.3 Å². The summed E-state index contributed by atoms with van der Waals surface area (Å²) >= 11 is 0. The van der Waals surface area contributed by atoms with Crippen LogP contribution in [0.2, 0.25) is 0 Å². The van der Waals surface area contributed by atoms with Crippen LogP contribution in [0, 0.1) is 0 Å². The third kappa shape index (κ3) is 2.05. The highest BCUT2D eigenvalue weighted by Crippen LogP contribution is 2.35. The summed E-state index contributed by atoms with van der Waals surface area (Å²) in [5.41, 5.74) is 5.96. The van der Waals surface area contributed by atoms with Gasteiger partial charge in [0.2, 0.25) is 0 Å². The molecule has 13 heavy (non-hydrogen) atoms. The van der Waals surface area contributed by atoms with E-state index in [0.717, 1.165) is 12.1 Å². The maximum atomic E-state index is 5.96. The number of hydrogen-bond donors (Lipinski definition) is 1. The van der Waals surface area contributed by atoms with Gasteiger partial charge in [0, 0.05) is 24.2 Å². The van der Waals surface area contributed by atoms with E-state index >= 15 is 0 Å². The molecule has 0 aromatic heterocycles. The highest BCUT2D eigenvalue weighted by molar-refractivity contribution is 4.94. The molecule has 2 fully saturated rings. The van der Waals surface area contributed by atoms with E-state index in [2.05, 4.69) is 18.7 Å². The van der Waals surface area contributed by atoms with Gasteiger partial charge in [-0.15, -0.1) is 0 Å². The Balaban J connectivity index is 1.94. The van der Waals surface area contributed by atoms with Crippen molar-refractivity contribution < 1.29 is 0 Å². The second kappa shape index (κ2) is 3.58. The molecule has 0 amide bonds. The maximum absolute atomic E-state index is 5.96. The molecule has 0 saturated heterocycles. The van der Waals surface area contributed by atoms with E-state index in [4.69, 9.17) is 5.73 Å². The quantitative estimate of drug-likeness (QED) is 0.720. The Morgan fingerprint density at radius 2 is 1.69 bits per heavy atom. The predicted molar refractivity (Wildman–Crippen MR) is 55.6 cm³/mol. The molecule has 2 heteroatoms. The molecular formula is C11H22N2. The second-order valence-corrected chi connectivity index (χ2v) is 5.00. The maximum Gasteiger partial charge on any atom is 0.0116 e. The third-order valence-corrected chi connectivity index (χ3v) is 3.43. The highest BCUT2D eigenvalue weighted by atomic mass is 15.2. The van der Waals surface area contributed by atoms with Crippen LogP contribution >= 0.6 is 0 Å². The molecule has 2 atom stereocenters. The molecule has 2 rings (SSSR count). The number of nitrogens with two attached hydrogens (primary N) is 1. The van der Waals surface area contributed by atoms with Gasteiger partial charge in [-0.1, -0.05) is 0 Å². The molecule has 2 unspecified atom stereocenters. The molecule has 2 saturated carbocycles. The molecule has 0 bridgehead atoms. The van der Waals surface area contributed by atoms with E-state index in [1.54, 1.807) is 0 Å². The van der Waals surface area contributed by atoms with Crippen LogP contribution in [0.5, 0.6) is 0 Å².